The number of aromatic nitrogens is 2. The maximum atomic E-state index is 14.1. The van der Waals surface area contributed by atoms with E-state index in [1.165, 1.54) is 10.7 Å². The number of piperazine rings is 1. The molecule has 0 aliphatic carbocycles. The van der Waals surface area contributed by atoms with Gasteiger partial charge in [0.1, 0.15) is 11.5 Å². The van der Waals surface area contributed by atoms with E-state index in [1.807, 2.05) is 19.0 Å². The van der Waals surface area contributed by atoms with Gasteiger partial charge in [0.05, 0.1) is 0 Å². The standard InChI is InChI=1S/C20H26FN5O2/c1-15-14-17(22-26(15)18-7-5-4-6-16(18)21)20(28)25-12-10-24(11-13-25)19(27)8-9-23(2)3/h4-7,14H,8-13H2,1-3H3. The second kappa shape index (κ2) is 8.52. The fourth-order valence-corrected chi connectivity index (χ4v) is 3.24. The third-order valence-electron chi connectivity index (χ3n) is 4.88. The number of nitrogens with zero attached hydrogens (tertiary/aromatic N) is 5. The first-order valence-electron chi connectivity index (χ1n) is 9.40. The molecule has 0 spiro atoms. The predicted molar refractivity (Wildman–Crippen MR) is 104 cm³/mol. The molecule has 1 aromatic heterocycles. The van der Waals surface area contributed by atoms with Crippen molar-refractivity contribution in [3.05, 3.63) is 47.5 Å². The van der Waals surface area contributed by atoms with E-state index < -0.39 is 5.82 Å². The summed E-state index contributed by atoms with van der Waals surface area (Å²) in [6.45, 7) is 4.48. The summed E-state index contributed by atoms with van der Waals surface area (Å²) < 4.78 is 15.5. The molecule has 7 nitrogen and oxygen atoms in total. The Kier molecular flexibility index (Phi) is 6.08. The minimum atomic E-state index is -0.391. The largest absolute Gasteiger partial charge is 0.339 e. The van der Waals surface area contributed by atoms with Gasteiger partial charge in [0.15, 0.2) is 5.69 Å². The van der Waals surface area contributed by atoms with E-state index in [0.717, 1.165) is 0 Å². The van der Waals surface area contributed by atoms with Gasteiger partial charge in [0, 0.05) is 44.8 Å². The zero-order valence-corrected chi connectivity index (χ0v) is 16.6. The molecule has 2 aromatic rings. The second-order valence-corrected chi connectivity index (χ2v) is 7.26. The molecule has 0 bridgehead atoms. The third-order valence-corrected chi connectivity index (χ3v) is 4.88. The van der Waals surface area contributed by atoms with Crippen LogP contribution in [0.15, 0.2) is 30.3 Å². The molecule has 3 rings (SSSR count). The lowest BCUT2D eigenvalue weighted by molar-refractivity contribution is -0.132. The van der Waals surface area contributed by atoms with Crippen molar-refractivity contribution >= 4 is 11.8 Å². The van der Waals surface area contributed by atoms with Crippen LogP contribution in [0.25, 0.3) is 5.69 Å². The summed E-state index contributed by atoms with van der Waals surface area (Å²) in [6, 6.07) is 8.01. The third kappa shape index (κ3) is 4.39. The van der Waals surface area contributed by atoms with E-state index in [0.29, 0.717) is 50.5 Å². The Balaban J connectivity index is 1.64. The van der Waals surface area contributed by atoms with Gasteiger partial charge in [-0.15, -0.1) is 0 Å². The highest BCUT2D eigenvalue weighted by atomic mass is 19.1. The van der Waals surface area contributed by atoms with Gasteiger partial charge < -0.3 is 14.7 Å². The van der Waals surface area contributed by atoms with Crippen LogP contribution in [0.4, 0.5) is 4.39 Å². The van der Waals surface area contributed by atoms with Crippen molar-refractivity contribution < 1.29 is 14.0 Å². The number of rotatable bonds is 5. The Morgan fingerprint density at radius 1 is 1.11 bits per heavy atom. The average molecular weight is 387 g/mol. The zero-order valence-electron chi connectivity index (χ0n) is 16.6. The van der Waals surface area contributed by atoms with E-state index >= 15 is 0 Å². The maximum absolute atomic E-state index is 14.1. The fourth-order valence-electron chi connectivity index (χ4n) is 3.24. The number of hydrogen-bond acceptors (Lipinski definition) is 4. The highest BCUT2D eigenvalue weighted by Gasteiger charge is 2.26. The number of carbonyl (C=O) groups excluding carboxylic acids is 2. The lowest BCUT2D eigenvalue weighted by Gasteiger charge is -2.34. The van der Waals surface area contributed by atoms with E-state index in [-0.39, 0.29) is 17.5 Å². The maximum Gasteiger partial charge on any atom is 0.274 e. The Labute approximate surface area is 164 Å². The molecule has 150 valence electrons. The number of benzene rings is 1. The van der Waals surface area contributed by atoms with Gasteiger partial charge in [-0.1, -0.05) is 12.1 Å². The summed E-state index contributed by atoms with van der Waals surface area (Å²) in [6.07, 6.45) is 0.479. The Hall–Kier alpha value is -2.74. The second-order valence-electron chi connectivity index (χ2n) is 7.26. The first-order chi connectivity index (χ1) is 13.4. The molecule has 2 heterocycles. The van der Waals surface area contributed by atoms with Crippen molar-refractivity contribution in [2.45, 2.75) is 13.3 Å². The van der Waals surface area contributed by atoms with Crippen molar-refractivity contribution in [3.8, 4) is 5.69 Å². The van der Waals surface area contributed by atoms with E-state index in [9.17, 15) is 14.0 Å². The minimum absolute atomic E-state index is 0.112. The van der Waals surface area contributed by atoms with Crippen molar-refractivity contribution in [1.82, 2.24) is 24.5 Å². The molecular formula is C20H26FN5O2. The molecule has 0 atom stereocenters. The molecule has 2 amide bonds. The lowest BCUT2D eigenvalue weighted by Crippen LogP contribution is -2.51. The monoisotopic (exact) mass is 387 g/mol. The molecule has 0 radical (unpaired) electrons. The number of hydrogen-bond donors (Lipinski definition) is 0. The van der Waals surface area contributed by atoms with Gasteiger partial charge in [-0.2, -0.15) is 5.10 Å². The Morgan fingerprint density at radius 3 is 2.39 bits per heavy atom. The predicted octanol–water partition coefficient (Wildman–Crippen LogP) is 1.56. The van der Waals surface area contributed by atoms with Crippen LogP contribution in [0.1, 0.15) is 22.6 Å². The SMILES string of the molecule is Cc1cc(C(=O)N2CCN(C(=O)CCN(C)C)CC2)nn1-c1ccccc1F. The molecule has 8 heteroatoms. The van der Waals surface area contributed by atoms with E-state index in [4.69, 9.17) is 0 Å². The molecule has 1 aromatic carbocycles. The summed E-state index contributed by atoms with van der Waals surface area (Å²) in [4.78, 5) is 30.5. The van der Waals surface area contributed by atoms with Crippen LogP contribution in [-0.2, 0) is 4.79 Å². The van der Waals surface area contributed by atoms with Crippen LogP contribution in [0.5, 0.6) is 0 Å². The molecule has 0 saturated carbocycles. The fraction of sp³-hybridized carbons (Fsp3) is 0.450. The van der Waals surface area contributed by atoms with Gasteiger partial charge >= 0.3 is 0 Å². The summed E-state index contributed by atoms with van der Waals surface area (Å²) in [7, 11) is 3.87. The van der Waals surface area contributed by atoms with Gasteiger partial charge in [-0.3, -0.25) is 9.59 Å². The van der Waals surface area contributed by atoms with Crippen LogP contribution in [0, 0.1) is 12.7 Å². The highest BCUT2D eigenvalue weighted by molar-refractivity contribution is 5.92. The van der Waals surface area contributed by atoms with Crippen molar-refractivity contribution in [2.75, 3.05) is 46.8 Å². The molecule has 28 heavy (non-hydrogen) atoms. The van der Waals surface area contributed by atoms with Crippen LogP contribution in [0.2, 0.25) is 0 Å². The lowest BCUT2D eigenvalue weighted by atomic mass is 10.2. The zero-order chi connectivity index (χ0) is 20.3. The summed E-state index contributed by atoms with van der Waals surface area (Å²) in [5.41, 5.74) is 1.29. The smallest absolute Gasteiger partial charge is 0.274 e. The van der Waals surface area contributed by atoms with Gasteiger partial charge in [-0.05, 0) is 39.2 Å². The van der Waals surface area contributed by atoms with Crippen molar-refractivity contribution in [2.24, 2.45) is 0 Å². The summed E-state index contributed by atoms with van der Waals surface area (Å²) in [5.74, 6) is -0.475. The number of aryl methyl sites for hydroxylation is 1. The Bertz CT molecular complexity index is 856. The molecule has 1 aliphatic rings. The number of amides is 2. The molecule has 1 aliphatic heterocycles. The number of halogens is 1. The first kappa shape index (κ1) is 20.0. The molecule has 0 N–H and O–H groups in total. The average Bonchev–Trinajstić information content (AvgIpc) is 3.07. The summed E-state index contributed by atoms with van der Waals surface area (Å²) in [5, 5.41) is 4.32. The van der Waals surface area contributed by atoms with Gasteiger partial charge in [0.2, 0.25) is 5.91 Å². The molecule has 1 fully saturated rings. The molecular weight excluding hydrogens is 361 g/mol. The number of carbonyl (C=O) groups is 2. The van der Waals surface area contributed by atoms with Crippen LogP contribution >= 0.6 is 0 Å². The summed E-state index contributed by atoms with van der Waals surface area (Å²) >= 11 is 0. The highest BCUT2D eigenvalue weighted by Crippen LogP contribution is 2.17. The first-order valence-corrected chi connectivity index (χ1v) is 9.40. The van der Waals surface area contributed by atoms with Crippen molar-refractivity contribution in [1.29, 1.82) is 0 Å². The van der Waals surface area contributed by atoms with Crippen LogP contribution < -0.4 is 0 Å². The molecule has 1 saturated heterocycles. The number of para-hydroxylation sites is 1. The van der Waals surface area contributed by atoms with Crippen molar-refractivity contribution in [3.63, 3.8) is 0 Å². The normalized spacial score (nSPS) is 14.6. The van der Waals surface area contributed by atoms with Crippen LogP contribution in [0.3, 0.4) is 0 Å². The van der Waals surface area contributed by atoms with E-state index in [2.05, 4.69) is 5.10 Å². The van der Waals surface area contributed by atoms with Gasteiger partial charge in [0.25, 0.3) is 5.91 Å². The van der Waals surface area contributed by atoms with Gasteiger partial charge in [-0.25, -0.2) is 9.07 Å². The van der Waals surface area contributed by atoms with E-state index in [1.54, 1.807) is 41.0 Å². The topological polar surface area (TPSA) is 61.7 Å². The Morgan fingerprint density at radius 2 is 1.75 bits per heavy atom. The quantitative estimate of drug-likeness (QED) is 0.781. The minimum Gasteiger partial charge on any atom is -0.339 e. The van der Waals surface area contributed by atoms with Crippen LogP contribution in [-0.4, -0.2) is 83.1 Å². The molecule has 0 unspecified atom stereocenters.